The van der Waals surface area contributed by atoms with E-state index in [4.69, 9.17) is 5.73 Å². The Bertz CT molecular complexity index is 719. The van der Waals surface area contributed by atoms with E-state index in [0.29, 0.717) is 12.8 Å². The van der Waals surface area contributed by atoms with E-state index in [1.54, 1.807) is 0 Å². The number of hydrogen-bond acceptors (Lipinski definition) is 3. The summed E-state index contributed by atoms with van der Waals surface area (Å²) in [4.78, 5) is 14.5. The maximum Gasteiger partial charge on any atom is 0.220 e. The Morgan fingerprint density at radius 1 is 1.21 bits per heavy atom. The second-order valence-corrected chi connectivity index (χ2v) is 7.00. The molecule has 3 N–H and O–H groups in total. The molecule has 0 bridgehead atoms. The number of amides is 1. The molecule has 1 saturated heterocycles. The summed E-state index contributed by atoms with van der Waals surface area (Å²) < 4.78 is 1.09. The number of halogens is 1. The summed E-state index contributed by atoms with van der Waals surface area (Å²) >= 11 is 3.59. The van der Waals surface area contributed by atoms with Crippen LogP contribution in [0.3, 0.4) is 0 Å². The van der Waals surface area contributed by atoms with E-state index < -0.39 is 0 Å². The van der Waals surface area contributed by atoms with Crippen molar-refractivity contribution >= 4 is 33.2 Å². The molecule has 1 aliphatic heterocycles. The summed E-state index contributed by atoms with van der Waals surface area (Å²) in [5.74, 6) is 0.0947. The Morgan fingerprint density at radius 2 is 1.96 bits per heavy atom. The van der Waals surface area contributed by atoms with Gasteiger partial charge >= 0.3 is 0 Å². The number of benzene rings is 2. The molecular formula is C19H22BrN3O. The maximum atomic E-state index is 12.2. The Morgan fingerprint density at radius 3 is 2.75 bits per heavy atom. The number of anilines is 2. The van der Waals surface area contributed by atoms with Gasteiger partial charge in [0.25, 0.3) is 0 Å². The van der Waals surface area contributed by atoms with Crippen LogP contribution in [-0.4, -0.2) is 25.0 Å². The molecular weight excluding hydrogens is 366 g/mol. The van der Waals surface area contributed by atoms with E-state index in [2.05, 4.69) is 32.2 Å². The molecule has 1 heterocycles. The maximum absolute atomic E-state index is 12.2. The van der Waals surface area contributed by atoms with Gasteiger partial charge in [0.15, 0.2) is 0 Å². The average molecular weight is 388 g/mol. The summed E-state index contributed by atoms with van der Waals surface area (Å²) in [6.07, 6.45) is 2.12. The largest absolute Gasteiger partial charge is 0.399 e. The molecule has 0 aromatic heterocycles. The molecule has 5 heteroatoms. The summed E-state index contributed by atoms with van der Waals surface area (Å²) in [5, 5.41) is 3.15. The predicted octanol–water partition coefficient (Wildman–Crippen LogP) is 3.36. The molecule has 4 nitrogen and oxygen atoms in total. The molecule has 0 spiro atoms. The number of hydrogen-bond donors (Lipinski definition) is 2. The van der Waals surface area contributed by atoms with E-state index in [9.17, 15) is 4.79 Å². The molecule has 2 aromatic carbocycles. The van der Waals surface area contributed by atoms with Gasteiger partial charge in [-0.05, 0) is 52.5 Å². The lowest BCUT2D eigenvalue weighted by molar-refractivity contribution is -0.121. The van der Waals surface area contributed by atoms with Gasteiger partial charge in [0, 0.05) is 35.7 Å². The quantitative estimate of drug-likeness (QED) is 0.773. The highest BCUT2D eigenvalue weighted by Gasteiger charge is 2.24. The Hall–Kier alpha value is -2.01. The van der Waals surface area contributed by atoms with Crippen molar-refractivity contribution in [2.75, 3.05) is 23.7 Å². The van der Waals surface area contributed by atoms with Crippen molar-refractivity contribution in [1.82, 2.24) is 5.32 Å². The van der Waals surface area contributed by atoms with Gasteiger partial charge in [-0.2, -0.15) is 0 Å². The van der Waals surface area contributed by atoms with Crippen LogP contribution in [0.5, 0.6) is 0 Å². The minimum Gasteiger partial charge on any atom is -0.399 e. The van der Waals surface area contributed by atoms with Gasteiger partial charge in [-0.25, -0.2) is 0 Å². The topological polar surface area (TPSA) is 58.4 Å². The van der Waals surface area contributed by atoms with E-state index in [0.717, 1.165) is 35.2 Å². The summed E-state index contributed by atoms with van der Waals surface area (Å²) in [7, 11) is 0. The van der Waals surface area contributed by atoms with E-state index in [1.165, 1.54) is 5.69 Å². The summed E-state index contributed by atoms with van der Waals surface area (Å²) in [6, 6.07) is 16.1. The molecule has 1 atom stereocenters. The zero-order chi connectivity index (χ0) is 16.9. The minimum atomic E-state index is 0.0947. The number of aryl methyl sites for hydroxylation is 1. The lowest BCUT2D eigenvalue weighted by Gasteiger charge is -2.20. The summed E-state index contributed by atoms with van der Waals surface area (Å²) in [6.45, 7) is 1.81. The van der Waals surface area contributed by atoms with Crippen LogP contribution in [0, 0.1) is 0 Å². The van der Waals surface area contributed by atoms with Crippen molar-refractivity contribution in [3.8, 4) is 0 Å². The SMILES string of the molecule is Nc1ccccc1CCC(=O)NC1CCN(c2ccccc2Br)C1. The molecule has 2 aromatic rings. The van der Waals surface area contributed by atoms with Gasteiger partial charge in [-0.3, -0.25) is 4.79 Å². The number of rotatable bonds is 5. The fourth-order valence-electron chi connectivity index (χ4n) is 3.11. The Balaban J connectivity index is 1.49. The van der Waals surface area contributed by atoms with Crippen molar-refractivity contribution in [2.24, 2.45) is 0 Å². The second kappa shape index (κ2) is 7.71. The van der Waals surface area contributed by atoms with Crippen LogP contribution >= 0.6 is 15.9 Å². The van der Waals surface area contributed by atoms with Crippen molar-refractivity contribution in [2.45, 2.75) is 25.3 Å². The molecule has 1 aliphatic rings. The molecule has 0 saturated carbocycles. The average Bonchev–Trinajstić information content (AvgIpc) is 3.03. The number of carbonyl (C=O) groups excluding carboxylic acids is 1. The number of nitrogens with two attached hydrogens (primary N) is 1. The van der Waals surface area contributed by atoms with Crippen molar-refractivity contribution < 1.29 is 4.79 Å². The van der Waals surface area contributed by atoms with Crippen molar-refractivity contribution in [3.63, 3.8) is 0 Å². The van der Waals surface area contributed by atoms with E-state index in [1.807, 2.05) is 42.5 Å². The fraction of sp³-hybridized carbons (Fsp3) is 0.316. The third kappa shape index (κ3) is 4.09. The molecule has 0 radical (unpaired) electrons. The molecule has 1 amide bonds. The number of nitrogens with zero attached hydrogens (tertiary/aromatic N) is 1. The van der Waals surface area contributed by atoms with Gasteiger partial charge < -0.3 is 16.0 Å². The van der Waals surface area contributed by atoms with Gasteiger partial charge in [-0.15, -0.1) is 0 Å². The standard InChI is InChI=1S/C19H22BrN3O/c20-16-6-2-4-8-18(16)23-12-11-15(13-23)22-19(24)10-9-14-5-1-3-7-17(14)21/h1-8,15H,9-13,21H2,(H,22,24). The van der Waals surface area contributed by atoms with Gasteiger partial charge in [0.2, 0.25) is 5.91 Å². The normalized spacial score (nSPS) is 17.0. The Kier molecular flexibility index (Phi) is 5.41. The van der Waals surface area contributed by atoms with Crippen LogP contribution in [0.1, 0.15) is 18.4 Å². The van der Waals surface area contributed by atoms with Gasteiger partial charge in [-0.1, -0.05) is 30.3 Å². The third-order valence-electron chi connectivity index (χ3n) is 4.42. The van der Waals surface area contributed by atoms with Crippen LogP contribution in [0.15, 0.2) is 53.0 Å². The van der Waals surface area contributed by atoms with E-state index in [-0.39, 0.29) is 11.9 Å². The highest BCUT2D eigenvalue weighted by Crippen LogP contribution is 2.28. The molecule has 1 unspecified atom stereocenters. The monoisotopic (exact) mass is 387 g/mol. The van der Waals surface area contributed by atoms with Crippen LogP contribution < -0.4 is 16.0 Å². The summed E-state index contributed by atoms with van der Waals surface area (Å²) in [5.41, 5.74) is 8.90. The van der Waals surface area contributed by atoms with Crippen LogP contribution in [0.4, 0.5) is 11.4 Å². The van der Waals surface area contributed by atoms with Gasteiger partial charge in [0.05, 0.1) is 5.69 Å². The number of carbonyl (C=O) groups is 1. The first-order valence-electron chi connectivity index (χ1n) is 8.25. The molecule has 0 aliphatic carbocycles. The van der Waals surface area contributed by atoms with Crippen LogP contribution in [-0.2, 0) is 11.2 Å². The Labute approximate surface area is 151 Å². The predicted molar refractivity (Wildman–Crippen MR) is 102 cm³/mol. The second-order valence-electron chi connectivity index (χ2n) is 6.15. The molecule has 1 fully saturated rings. The molecule has 24 heavy (non-hydrogen) atoms. The number of nitrogen functional groups attached to an aromatic ring is 1. The fourth-order valence-corrected chi connectivity index (χ4v) is 3.65. The first-order valence-corrected chi connectivity index (χ1v) is 9.05. The van der Waals surface area contributed by atoms with Crippen LogP contribution in [0.2, 0.25) is 0 Å². The van der Waals surface area contributed by atoms with Crippen LogP contribution in [0.25, 0.3) is 0 Å². The molecule has 3 rings (SSSR count). The third-order valence-corrected chi connectivity index (χ3v) is 5.09. The van der Waals surface area contributed by atoms with Gasteiger partial charge in [0.1, 0.15) is 0 Å². The first kappa shape index (κ1) is 16.8. The number of para-hydroxylation sites is 2. The zero-order valence-corrected chi connectivity index (χ0v) is 15.1. The zero-order valence-electron chi connectivity index (χ0n) is 13.5. The highest BCUT2D eigenvalue weighted by molar-refractivity contribution is 9.10. The lowest BCUT2D eigenvalue weighted by Crippen LogP contribution is -2.37. The minimum absolute atomic E-state index is 0.0947. The molecule has 126 valence electrons. The smallest absolute Gasteiger partial charge is 0.220 e. The van der Waals surface area contributed by atoms with E-state index >= 15 is 0 Å². The van der Waals surface area contributed by atoms with Crippen molar-refractivity contribution in [1.29, 1.82) is 0 Å². The van der Waals surface area contributed by atoms with Crippen molar-refractivity contribution in [3.05, 3.63) is 58.6 Å². The highest BCUT2D eigenvalue weighted by atomic mass is 79.9. The lowest BCUT2D eigenvalue weighted by atomic mass is 10.1. The number of nitrogens with one attached hydrogen (secondary N) is 1. The first-order chi connectivity index (χ1) is 11.6.